The number of ether oxygens (including phenoxy) is 2. The third-order valence-electron chi connectivity index (χ3n) is 9.79. The number of hydrogen-bond acceptors (Lipinski definition) is 7. The van der Waals surface area contributed by atoms with Crippen molar-refractivity contribution < 1.29 is 31.2 Å². The van der Waals surface area contributed by atoms with Crippen molar-refractivity contribution in [1.82, 2.24) is 15.3 Å². The van der Waals surface area contributed by atoms with E-state index in [0.717, 1.165) is 91.8 Å². The Kier molecular flexibility index (Phi) is 14.3. The zero-order valence-electron chi connectivity index (χ0n) is 29.9. The van der Waals surface area contributed by atoms with E-state index in [-0.39, 0.29) is 46.8 Å². The molecule has 278 valence electrons. The highest BCUT2D eigenvalue weighted by Gasteiger charge is 2.35. The molecule has 1 unspecified atom stereocenters. The van der Waals surface area contributed by atoms with Crippen LogP contribution in [0.3, 0.4) is 0 Å². The zero-order chi connectivity index (χ0) is 36.2. The van der Waals surface area contributed by atoms with Gasteiger partial charge in [0.2, 0.25) is 0 Å². The summed E-state index contributed by atoms with van der Waals surface area (Å²) < 4.78 is 12.9. The van der Waals surface area contributed by atoms with Gasteiger partial charge in [0.1, 0.15) is 24.7 Å². The molecule has 1 atom stereocenters. The lowest BCUT2D eigenvalue weighted by molar-refractivity contribution is -0.933. The largest absolute Gasteiger partial charge is 1.00 e. The van der Waals surface area contributed by atoms with Crippen molar-refractivity contribution in [3.8, 4) is 11.5 Å². The number of aromatic nitrogens is 2. The number of quaternary nitrogens is 1. The molecule has 5 aromatic rings. The number of nitrogen functional groups attached to an aromatic ring is 2. The molecule has 0 saturated carbocycles. The number of carbonyl (C=O) groups excluding carboxylic acids is 1. The molecule has 5 N–H and O–H groups in total. The number of rotatable bonds is 16. The van der Waals surface area contributed by atoms with Crippen LogP contribution >= 0.6 is 11.6 Å². The summed E-state index contributed by atoms with van der Waals surface area (Å²) in [5, 5.41) is 3.16. The summed E-state index contributed by atoms with van der Waals surface area (Å²) >= 11 is 6.08. The van der Waals surface area contributed by atoms with E-state index in [4.69, 9.17) is 32.5 Å². The lowest BCUT2D eigenvalue weighted by atomic mass is 9.99. The highest BCUT2D eigenvalue weighted by atomic mass is 35.5. The number of piperidine rings is 1. The number of anilines is 2. The second-order valence-electron chi connectivity index (χ2n) is 13.7. The topological polar surface area (TPSA) is 125 Å². The predicted molar refractivity (Wildman–Crippen MR) is 207 cm³/mol. The number of halogens is 2. The summed E-state index contributed by atoms with van der Waals surface area (Å²) in [6.07, 6.45) is 5.90. The SMILES string of the molecule is Nc1nc(N)c(C(=O)NC2CCC[N+](CCCc3ccc(OCc4ccccc4)cc3)(CCCc3ccc(OCc4ccccc4)cc3)C2)nc1Cl.[Cl-]. The molecule has 1 aliphatic rings. The Morgan fingerprint density at radius 2 is 1.23 bits per heavy atom. The summed E-state index contributed by atoms with van der Waals surface area (Å²) in [5.74, 6) is 1.35. The summed E-state index contributed by atoms with van der Waals surface area (Å²) in [5.41, 5.74) is 16.6. The fraction of sp³-hybridized carbons (Fsp3) is 0.310. The van der Waals surface area contributed by atoms with E-state index >= 15 is 0 Å². The number of nitrogens with one attached hydrogen (secondary N) is 1. The number of hydrogen-bond donors (Lipinski definition) is 3. The van der Waals surface area contributed by atoms with Crippen molar-refractivity contribution in [2.24, 2.45) is 0 Å². The molecule has 53 heavy (non-hydrogen) atoms. The van der Waals surface area contributed by atoms with E-state index in [1.165, 1.54) is 11.1 Å². The fourth-order valence-corrected chi connectivity index (χ4v) is 7.17. The van der Waals surface area contributed by atoms with E-state index in [1.54, 1.807) is 0 Å². The summed E-state index contributed by atoms with van der Waals surface area (Å²) in [6, 6.07) is 37.3. The predicted octanol–water partition coefficient (Wildman–Crippen LogP) is 4.43. The molecule has 0 bridgehead atoms. The molecule has 6 rings (SSSR count). The Hall–Kier alpha value is -4.83. The number of carbonyl (C=O) groups is 1. The molecule has 4 aromatic carbocycles. The molecular weight excluding hydrogens is 707 g/mol. The van der Waals surface area contributed by atoms with Crippen LogP contribution in [0.4, 0.5) is 11.6 Å². The third-order valence-corrected chi connectivity index (χ3v) is 10.1. The Bertz CT molecular complexity index is 1790. The van der Waals surface area contributed by atoms with Crippen molar-refractivity contribution >= 4 is 29.1 Å². The fourth-order valence-electron chi connectivity index (χ4n) is 7.05. The van der Waals surface area contributed by atoms with Crippen LogP contribution in [0.2, 0.25) is 5.15 Å². The summed E-state index contributed by atoms with van der Waals surface area (Å²) in [7, 11) is 0. The van der Waals surface area contributed by atoms with E-state index in [2.05, 4.69) is 88.1 Å². The van der Waals surface area contributed by atoms with Gasteiger partial charge in [0, 0.05) is 12.8 Å². The van der Waals surface area contributed by atoms with Crippen molar-refractivity contribution in [2.45, 2.75) is 57.8 Å². The maximum atomic E-state index is 13.3. The zero-order valence-corrected chi connectivity index (χ0v) is 31.4. The van der Waals surface area contributed by atoms with Gasteiger partial charge in [-0.15, -0.1) is 0 Å². The van der Waals surface area contributed by atoms with Gasteiger partial charge >= 0.3 is 0 Å². The van der Waals surface area contributed by atoms with Gasteiger partial charge in [-0.1, -0.05) is 96.5 Å². The molecule has 1 aliphatic heterocycles. The van der Waals surface area contributed by atoms with Crippen LogP contribution in [0.5, 0.6) is 11.5 Å². The maximum absolute atomic E-state index is 13.3. The number of benzene rings is 4. The molecule has 1 saturated heterocycles. The highest BCUT2D eigenvalue weighted by molar-refractivity contribution is 6.31. The first-order valence-electron chi connectivity index (χ1n) is 18.1. The normalized spacial score (nSPS) is 14.8. The summed E-state index contributed by atoms with van der Waals surface area (Å²) in [4.78, 5) is 21.4. The number of likely N-dealkylation sites (tertiary alicyclic amines) is 1. The molecule has 11 heteroatoms. The minimum absolute atomic E-state index is 0. The highest BCUT2D eigenvalue weighted by Crippen LogP contribution is 2.25. The van der Waals surface area contributed by atoms with Crippen molar-refractivity contribution in [3.63, 3.8) is 0 Å². The van der Waals surface area contributed by atoms with Crippen LogP contribution in [0.15, 0.2) is 109 Å². The van der Waals surface area contributed by atoms with Gasteiger partial charge in [0.15, 0.2) is 22.5 Å². The number of nitrogens with zero attached hydrogens (tertiary/aromatic N) is 3. The molecule has 0 spiro atoms. The number of nitrogens with two attached hydrogens (primary N) is 2. The van der Waals surface area contributed by atoms with Crippen LogP contribution in [-0.2, 0) is 26.1 Å². The minimum atomic E-state index is -0.374. The van der Waals surface area contributed by atoms with E-state index in [0.29, 0.717) is 13.2 Å². The molecule has 0 radical (unpaired) electrons. The molecule has 1 amide bonds. The standard InChI is InChI=1S/C42H47ClN6O3.ClH/c43-39-41(45)48-40(44)38(47-39)42(50)46-35-16-9-27-49(28-35,25-7-14-31-17-21-36(22-18-31)51-29-33-10-3-1-4-11-33)26-8-15-32-19-23-37(24-20-32)52-30-34-12-5-2-6-13-34;/h1-6,10-13,17-24,35H,7-9,14-16,25-30H2,(H4-,44,45,46,48,50);1H. The van der Waals surface area contributed by atoms with Gasteiger partial charge in [-0.05, 0) is 72.2 Å². The van der Waals surface area contributed by atoms with Crippen LogP contribution in [-0.4, -0.2) is 52.6 Å². The summed E-state index contributed by atoms with van der Waals surface area (Å²) in [6.45, 7) is 5.03. The smallest absolute Gasteiger partial charge is 0.274 e. The minimum Gasteiger partial charge on any atom is -1.00 e. The molecule has 9 nitrogen and oxygen atoms in total. The van der Waals surface area contributed by atoms with Crippen LogP contribution in [0.25, 0.3) is 0 Å². The number of aryl methyl sites for hydroxylation is 2. The Balaban J connectivity index is 0.00000541. The quantitative estimate of drug-likeness (QED) is 0.127. The second kappa shape index (κ2) is 19.3. The average molecular weight is 756 g/mol. The van der Waals surface area contributed by atoms with Gasteiger partial charge in [0.05, 0.1) is 32.2 Å². The average Bonchev–Trinajstić information content (AvgIpc) is 3.16. The van der Waals surface area contributed by atoms with Gasteiger partial charge in [0.25, 0.3) is 5.91 Å². The van der Waals surface area contributed by atoms with Crippen LogP contribution in [0.1, 0.15) is 58.4 Å². The third kappa shape index (κ3) is 11.6. The second-order valence-corrected chi connectivity index (χ2v) is 14.0. The first kappa shape index (κ1) is 39.4. The molecular formula is C42H48Cl2N6O3. The molecule has 0 aliphatic carbocycles. The number of amides is 1. The van der Waals surface area contributed by atoms with Gasteiger partial charge in [-0.2, -0.15) is 0 Å². The Morgan fingerprint density at radius 3 is 1.74 bits per heavy atom. The molecule has 1 aromatic heterocycles. The van der Waals surface area contributed by atoms with Crippen LogP contribution < -0.4 is 38.7 Å². The van der Waals surface area contributed by atoms with Crippen molar-refractivity contribution in [2.75, 3.05) is 37.6 Å². The van der Waals surface area contributed by atoms with E-state index in [9.17, 15) is 4.79 Å². The lowest BCUT2D eigenvalue weighted by Gasteiger charge is -2.45. The van der Waals surface area contributed by atoms with E-state index in [1.807, 2.05) is 36.4 Å². The Labute approximate surface area is 323 Å². The lowest BCUT2D eigenvalue weighted by Crippen LogP contribution is -3.00. The molecule has 2 heterocycles. The van der Waals surface area contributed by atoms with Crippen molar-refractivity contribution in [1.29, 1.82) is 0 Å². The Morgan fingerprint density at radius 1 is 0.717 bits per heavy atom. The van der Waals surface area contributed by atoms with Gasteiger partial charge in [-0.3, -0.25) is 4.79 Å². The first-order chi connectivity index (χ1) is 25.3. The van der Waals surface area contributed by atoms with Crippen LogP contribution in [0, 0.1) is 0 Å². The first-order valence-corrected chi connectivity index (χ1v) is 18.5. The molecule has 1 fully saturated rings. The van der Waals surface area contributed by atoms with E-state index < -0.39 is 0 Å². The van der Waals surface area contributed by atoms with Gasteiger partial charge in [-0.25, -0.2) is 9.97 Å². The monoisotopic (exact) mass is 754 g/mol. The maximum Gasteiger partial charge on any atom is 0.274 e. The van der Waals surface area contributed by atoms with Crippen molar-refractivity contribution in [3.05, 3.63) is 142 Å². The van der Waals surface area contributed by atoms with Gasteiger partial charge < -0.3 is 43.1 Å².